The van der Waals surface area contributed by atoms with E-state index in [1.165, 1.54) is 15.8 Å². The molecule has 1 saturated heterocycles. The van der Waals surface area contributed by atoms with Gasteiger partial charge in [-0.15, -0.1) is 11.3 Å². The van der Waals surface area contributed by atoms with Gasteiger partial charge in [-0.3, -0.25) is 14.5 Å². The highest BCUT2D eigenvalue weighted by atomic mass is 32.1. The Morgan fingerprint density at radius 3 is 2.63 bits per heavy atom. The molecule has 5 rings (SSSR count). The number of carbonyl (C=O) groups is 2. The molecular weight excluding hydrogens is 542 g/mol. The van der Waals surface area contributed by atoms with Crippen LogP contribution in [0.25, 0.3) is 21.0 Å². The Labute approximate surface area is 243 Å². The molecule has 2 aromatic heterocycles. The van der Waals surface area contributed by atoms with Crippen LogP contribution in [0.4, 0.5) is 5.69 Å². The zero-order valence-electron chi connectivity index (χ0n) is 23.0. The van der Waals surface area contributed by atoms with E-state index in [0.717, 1.165) is 62.2 Å². The van der Waals surface area contributed by atoms with Gasteiger partial charge in [0.1, 0.15) is 5.75 Å². The number of thiophene rings is 1. The average molecular weight is 578 g/mol. The number of aliphatic carboxylic acids is 1. The monoisotopic (exact) mass is 577 g/mol. The standard InChI is InChI=1S/C31H35N3O6S/c35-30(36)7-4-8-31(37)40-22-39-29-12-10-23-9-11-24(21-26(23)32-29)38-19-2-1-14-33-15-17-34(18-16-33)27-5-3-6-28-25(27)13-20-41-28/h3,5-6,9-13,20-21H,1-2,4,7-8,14-19,22H2,(H,35,36). The molecule has 0 spiro atoms. The SMILES string of the molecule is O=C(O)CCCC(=O)OCOc1ccc2ccc(OCCCCN3CCN(c4cccc5sccc45)CC3)cc2n1. The van der Waals surface area contributed by atoms with E-state index in [0.29, 0.717) is 12.5 Å². The number of unbranched alkanes of at least 4 members (excludes halogenated alkanes) is 1. The van der Waals surface area contributed by atoms with Gasteiger partial charge in [-0.1, -0.05) is 6.07 Å². The summed E-state index contributed by atoms with van der Waals surface area (Å²) >= 11 is 1.80. The molecule has 1 aliphatic rings. The summed E-state index contributed by atoms with van der Waals surface area (Å²) in [6.45, 7) is 5.69. The molecule has 0 bridgehead atoms. The molecule has 0 aliphatic carbocycles. The first kappa shape index (κ1) is 28.6. The summed E-state index contributed by atoms with van der Waals surface area (Å²) in [5.74, 6) is -0.355. The fourth-order valence-electron chi connectivity index (χ4n) is 4.95. The molecule has 9 nitrogen and oxygen atoms in total. The lowest BCUT2D eigenvalue weighted by Gasteiger charge is -2.36. The van der Waals surface area contributed by atoms with Crippen LogP contribution in [0.1, 0.15) is 32.1 Å². The van der Waals surface area contributed by atoms with E-state index in [1.807, 2.05) is 24.3 Å². The summed E-state index contributed by atoms with van der Waals surface area (Å²) in [6.07, 6.45) is 2.25. The molecule has 0 atom stereocenters. The van der Waals surface area contributed by atoms with Crippen molar-refractivity contribution in [2.24, 2.45) is 0 Å². The molecule has 0 radical (unpaired) electrons. The van der Waals surface area contributed by atoms with E-state index in [9.17, 15) is 9.59 Å². The van der Waals surface area contributed by atoms with Crippen molar-refractivity contribution in [3.8, 4) is 11.6 Å². The molecule has 2 aromatic carbocycles. The number of fused-ring (bicyclic) bond motifs is 2. The van der Waals surface area contributed by atoms with Crippen LogP contribution < -0.4 is 14.4 Å². The van der Waals surface area contributed by atoms with Crippen LogP contribution in [-0.4, -0.2) is 73.1 Å². The summed E-state index contributed by atoms with van der Waals surface area (Å²) in [7, 11) is 0. The van der Waals surface area contributed by atoms with Crippen LogP contribution in [0.15, 0.2) is 60.0 Å². The lowest BCUT2D eigenvalue weighted by molar-refractivity contribution is -0.150. The Bertz CT molecular complexity index is 1470. The average Bonchev–Trinajstić information content (AvgIpc) is 3.46. The minimum atomic E-state index is -0.939. The van der Waals surface area contributed by atoms with Crippen LogP contribution in [0.5, 0.6) is 11.6 Å². The molecular formula is C31H35N3O6S. The molecule has 41 heavy (non-hydrogen) atoms. The van der Waals surface area contributed by atoms with Gasteiger partial charge >= 0.3 is 11.9 Å². The zero-order valence-corrected chi connectivity index (χ0v) is 23.8. The number of esters is 1. The topological polar surface area (TPSA) is 101 Å². The fourth-order valence-corrected chi connectivity index (χ4v) is 5.76. The molecule has 3 heterocycles. The third-order valence-electron chi connectivity index (χ3n) is 7.16. The van der Waals surface area contributed by atoms with E-state index in [4.69, 9.17) is 19.3 Å². The second-order valence-corrected chi connectivity index (χ2v) is 11.0. The van der Waals surface area contributed by atoms with Gasteiger partial charge in [0.15, 0.2) is 0 Å². The Morgan fingerprint density at radius 2 is 1.78 bits per heavy atom. The maximum absolute atomic E-state index is 11.7. The first-order valence-electron chi connectivity index (χ1n) is 14.0. The summed E-state index contributed by atoms with van der Waals surface area (Å²) in [4.78, 5) is 31.7. The molecule has 1 fully saturated rings. The second-order valence-electron chi connectivity index (χ2n) is 10.0. The lowest BCUT2D eigenvalue weighted by atomic mass is 10.2. The molecule has 0 amide bonds. The number of pyridine rings is 1. The van der Waals surface area contributed by atoms with Crippen molar-refractivity contribution < 1.29 is 28.9 Å². The number of carbonyl (C=O) groups excluding carboxylic acids is 1. The van der Waals surface area contributed by atoms with Crippen molar-refractivity contribution in [3.05, 3.63) is 60.0 Å². The number of hydrogen-bond acceptors (Lipinski definition) is 9. The van der Waals surface area contributed by atoms with E-state index >= 15 is 0 Å². The highest BCUT2D eigenvalue weighted by Gasteiger charge is 2.18. The molecule has 4 aromatic rings. The van der Waals surface area contributed by atoms with Gasteiger partial charge in [0.2, 0.25) is 12.7 Å². The molecule has 1 N–H and O–H groups in total. The third-order valence-corrected chi connectivity index (χ3v) is 8.04. The molecule has 216 valence electrons. The number of rotatable bonds is 14. The molecule has 1 aliphatic heterocycles. The van der Waals surface area contributed by atoms with Crippen molar-refractivity contribution in [1.82, 2.24) is 9.88 Å². The molecule has 0 saturated carbocycles. The van der Waals surface area contributed by atoms with Crippen LogP contribution >= 0.6 is 11.3 Å². The summed E-state index contributed by atoms with van der Waals surface area (Å²) in [6, 6.07) is 18.2. The Kier molecular flexibility index (Phi) is 9.87. The number of carboxylic acid groups (broad SMARTS) is 1. The van der Waals surface area contributed by atoms with Gasteiger partial charge in [0, 0.05) is 72.3 Å². The van der Waals surface area contributed by atoms with Gasteiger partial charge in [0.05, 0.1) is 12.1 Å². The maximum atomic E-state index is 11.7. The minimum Gasteiger partial charge on any atom is -0.494 e. The van der Waals surface area contributed by atoms with Crippen molar-refractivity contribution in [2.75, 3.05) is 51.0 Å². The number of benzene rings is 2. The summed E-state index contributed by atoms with van der Waals surface area (Å²) in [5, 5.41) is 13.1. The maximum Gasteiger partial charge on any atom is 0.308 e. The highest BCUT2D eigenvalue weighted by molar-refractivity contribution is 7.17. The smallest absolute Gasteiger partial charge is 0.308 e. The Morgan fingerprint density at radius 1 is 0.927 bits per heavy atom. The largest absolute Gasteiger partial charge is 0.494 e. The summed E-state index contributed by atoms with van der Waals surface area (Å²) in [5.41, 5.74) is 2.08. The number of nitrogens with zero attached hydrogens (tertiary/aromatic N) is 3. The lowest BCUT2D eigenvalue weighted by Crippen LogP contribution is -2.46. The number of hydrogen-bond donors (Lipinski definition) is 1. The van der Waals surface area contributed by atoms with Crippen LogP contribution in [0, 0.1) is 0 Å². The van der Waals surface area contributed by atoms with Gasteiger partial charge in [-0.25, -0.2) is 4.98 Å². The Balaban J connectivity index is 1.00. The van der Waals surface area contributed by atoms with Crippen LogP contribution in [0.3, 0.4) is 0 Å². The summed E-state index contributed by atoms with van der Waals surface area (Å²) < 4.78 is 17.8. The Hall–Kier alpha value is -3.89. The van der Waals surface area contributed by atoms with Crippen LogP contribution in [0.2, 0.25) is 0 Å². The van der Waals surface area contributed by atoms with Gasteiger partial charge in [0.25, 0.3) is 0 Å². The first-order valence-corrected chi connectivity index (χ1v) is 14.9. The third kappa shape index (κ3) is 8.08. The van der Waals surface area contributed by atoms with Crippen molar-refractivity contribution in [2.45, 2.75) is 32.1 Å². The van der Waals surface area contributed by atoms with Crippen molar-refractivity contribution in [1.29, 1.82) is 0 Å². The first-order chi connectivity index (χ1) is 20.0. The van der Waals surface area contributed by atoms with Crippen molar-refractivity contribution >= 4 is 50.0 Å². The fraction of sp³-hybridized carbons (Fsp3) is 0.387. The second kappa shape index (κ2) is 14.1. The number of anilines is 1. The predicted molar refractivity (Wildman–Crippen MR) is 160 cm³/mol. The minimum absolute atomic E-state index is 0.0330. The number of piperazine rings is 1. The number of ether oxygens (including phenoxy) is 3. The van der Waals surface area contributed by atoms with Crippen LogP contribution in [-0.2, 0) is 14.3 Å². The van der Waals surface area contributed by atoms with Gasteiger partial charge in [-0.2, -0.15) is 0 Å². The number of carboxylic acids is 1. The van der Waals surface area contributed by atoms with Crippen molar-refractivity contribution in [3.63, 3.8) is 0 Å². The van der Waals surface area contributed by atoms with Gasteiger partial charge in [-0.05, 0) is 67.6 Å². The predicted octanol–water partition coefficient (Wildman–Crippen LogP) is 5.57. The van der Waals surface area contributed by atoms with Gasteiger partial charge < -0.3 is 24.2 Å². The molecule has 0 unspecified atom stereocenters. The van der Waals surface area contributed by atoms with E-state index < -0.39 is 11.9 Å². The van der Waals surface area contributed by atoms with E-state index in [2.05, 4.69) is 44.4 Å². The quantitative estimate of drug-likeness (QED) is 0.117. The molecule has 10 heteroatoms. The van der Waals surface area contributed by atoms with E-state index in [-0.39, 0.29) is 26.1 Å². The van der Waals surface area contributed by atoms with E-state index in [1.54, 1.807) is 17.4 Å². The zero-order chi connectivity index (χ0) is 28.4. The normalized spacial score (nSPS) is 13.9. The number of aromatic nitrogens is 1. The highest BCUT2D eigenvalue weighted by Crippen LogP contribution is 2.31.